The Morgan fingerprint density at radius 3 is 2.30 bits per heavy atom. The van der Waals surface area contributed by atoms with Crippen molar-refractivity contribution in [1.29, 1.82) is 0 Å². The lowest BCUT2D eigenvalue weighted by Gasteiger charge is -2.72. The molecule has 9 atom stereocenters. The number of nitrogens with one attached hydrogen (secondary N) is 2. The fourth-order valence-electron chi connectivity index (χ4n) is 13.4. The Kier molecular flexibility index (Phi) is 9.64. The van der Waals surface area contributed by atoms with Crippen LogP contribution in [0.3, 0.4) is 0 Å². The first kappa shape index (κ1) is 38.0. The van der Waals surface area contributed by atoms with Gasteiger partial charge in [0.05, 0.1) is 24.2 Å². The molecule has 0 aliphatic heterocycles. The van der Waals surface area contributed by atoms with Gasteiger partial charge in [-0.05, 0) is 134 Å². The van der Waals surface area contributed by atoms with Gasteiger partial charge >= 0.3 is 5.97 Å². The molecular weight excluding hydrogens is 674 g/mol. The molecule has 0 heterocycles. The van der Waals surface area contributed by atoms with Crippen LogP contribution in [0.4, 0.5) is 8.78 Å². The van der Waals surface area contributed by atoms with Crippen LogP contribution < -0.4 is 10.6 Å². The molecule has 2 aromatic rings. The van der Waals surface area contributed by atoms with Gasteiger partial charge in [0.2, 0.25) is 5.91 Å². The number of methoxy groups -OCH3 is 1. The van der Waals surface area contributed by atoms with Gasteiger partial charge in [-0.15, -0.1) is 0 Å². The molecule has 288 valence electrons. The zero-order valence-corrected chi connectivity index (χ0v) is 32.4. The van der Waals surface area contributed by atoms with E-state index in [1.807, 2.05) is 0 Å². The SMILES string of the molecule is COC(=O)c1cccc(CNC(=O)c2ccc(F)c(CNC(=O)C34CCCC3C3CCC5C6(C)CCC(O)C(C)(C)C6CCC5(C)[C@]3(C)CC4)c2)c1F. The molecule has 8 unspecified atom stereocenters. The molecule has 7 rings (SSSR count). The van der Waals surface area contributed by atoms with Crippen molar-refractivity contribution < 1.29 is 33.0 Å². The highest BCUT2D eigenvalue weighted by Gasteiger charge is 2.70. The first-order chi connectivity index (χ1) is 25.0. The third-order valence-corrected chi connectivity index (χ3v) is 16.5. The summed E-state index contributed by atoms with van der Waals surface area (Å²) in [5.74, 6) is -0.766. The van der Waals surface area contributed by atoms with E-state index in [9.17, 15) is 23.9 Å². The van der Waals surface area contributed by atoms with Crippen LogP contribution >= 0.6 is 0 Å². The molecular formula is C44H58F2N2O5. The van der Waals surface area contributed by atoms with Gasteiger partial charge in [0.1, 0.15) is 11.6 Å². The lowest BCUT2D eigenvalue weighted by Crippen LogP contribution is -2.67. The first-order valence-corrected chi connectivity index (χ1v) is 19.9. The maximum atomic E-state index is 15.1. The Bertz CT molecular complexity index is 1800. The van der Waals surface area contributed by atoms with Crippen molar-refractivity contribution in [3.8, 4) is 0 Å². The van der Waals surface area contributed by atoms with Gasteiger partial charge in [0.25, 0.3) is 5.91 Å². The monoisotopic (exact) mass is 732 g/mol. The molecule has 0 radical (unpaired) electrons. The standard InChI is InChI=1S/C44H58F2N2O5/c1-40(2)33-16-20-43(5)34(41(33,3)19-17-35(40)49)15-13-30-31-11-8-18-44(31,22-21-42(30,43)4)39(52)48-25-28-23-26(12-14-32(28)45)37(50)47-24-27-9-7-10-29(36(27)46)38(51)53-6/h7,9-10,12,14,23,30-31,33-35,49H,8,11,13,15-22,24-25H2,1-6H3,(H,47,50)(H,48,52)/t30?,31?,33?,34?,35?,41?,42-,43?,44?/m1/s1. The number of ether oxygens (including phenoxy) is 1. The molecule has 0 aromatic heterocycles. The summed E-state index contributed by atoms with van der Waals surface area (Å²) in [6, 6.07) is 8.33. The Labute approximate surface area is 313 Å². The predicted molar refractivity (Wildman–Crippen MR) is 198 cm³/mol. The van der Waals surface area contributed by atoms with E-state index in [1.54, 1.807) is 0 Å². The number of carbonyl (C=O) groups is 3. The Morgan fingerprint density at radius 1 is 0.792 bits per heavy atom. The Balaban J connectivity index is 1.04. The minimum Gasteiger partial charge on any atom is -0.465 e. The number of aliphatic hydroxyl groups excluding tert-OH is 1. The molecule has 5 fully saturated rings. The lowest BCUT2D eigenvalue weighted by atomic mass is 9.32. The van der Waals surface area contributed by atoms with Crippen molar-refractivity contribution >= 4 is 17.8 Å². The zero-order chi connectivity index (χ0) is 38.1. The van der Waals surface area contributed by atoms with Gasteiger partial charge in [-0.25, -0.2) is 13.6 Å². The number of halogens is 2. The van der Waals surface area contributed by atoms with E-state index in [2.05, 4.69) is 50.0 Å². The van der Waals surface area contributed by atoms with Gasteiger partial charge in [-0.3, -0.25) is 9.59 Å². The van der Waals surface area contributed by atoms with Crippen LogP contribution in [-0.2, 0) is 22.6 Å². The number of fused-ring (bicyclic) bond motifs is 7. The molecule has 53 heavy (non-hydrogen) atoms. The van der Waals surface area contributed by atoms with E-state index < -0.39 is 28.9 Å². The van der Waals surface area contributed by atoms with Crippen LogP contribution in [0.1, 0.15) is 137 Å². The van der Waals surface area contributed by atoms with Gasteiger partial charge < -0.3 is 20.5 Å². The topological polar surface area (TPSA) is 105 Å². The van der Waals surface area contributed by atoms with E-state index in [1.165, 1.54) is 56.3 Å². The number of esters is 1. The van der Waals surface area contributed by atoms with Crippen LogP contribution in [-0.4, -0.2) is 36.1 Å². The third-order valence-electron chi connectivity index (χ3n) is 16.5. The molecule has 3 N–H and O–H groups in total. The quantitative estimate of drug-likeness (QED) is 0.248. The zero-order valence-electron chi connectivity index (χ0n) is 32.4. The molecule has 2 aromatic carbocycles. The van der Waals surface area contributed by atoms with Crippen LogP contribution in [0, 0.1) is 62.4 Å². The van der Waals surface area contributed by atoms with Gasteiger partial charge in [0.15, 0.2) is 0 Å². The predicted octanol–water partition coefficient (Wildman–Crippen LogP) is 8.51. The summed E-state index contributed by atoms with van der Waals surface area (Å²) in [5, 5.41) is 16.8. The largest absolute Gasteiger partial charge is 0.465 e. The number of hydrogen-bond acceptors (Lipinski definition) is 5. The minimum absolute atomic E-state index is 0.00299. The summed E-state index contributed by atoms with van der Waals surface area (Å²) in [7, 11) is 1.17. The van der Waals surface area contributed by atoms with Crippen LogP contribution in [0.25, 0.3) is 0 Å². The van der Waals surface area contributed by atoms with Crippen LogP contribution in [0.15, 0.2) is 36.4 Å². The molecule has 5 aliphatic rings. The van der Waals surface area contributed by atoms with Crippen LogP contribution in [0.2, 0.25) is 0 Å². The van der Waals surface area contributed by atoms with E-state index in [0.29, 0.717) is 17.8 Å². The summed E-state index contributed by atoms with van der Waals surface area (Å²) >= 11 is 0. The highest BCUT2D eigenvalue weighted by molar-refractivity contribution is 5.94. The number of hydrogen-bond donors (Lipinski definition) is 3. The van der Waals surface area contributed by atoms with Crippen molar-refractivity contribution in [2.24, 2.45) is 50.7 Å². The third kappa shape index (κ3) is 5.76. The van der Waals surface area contributed by atoms with Gasteiger partial charge in [0, 0.05) is 29.8 Å². The number of benzene rings is 2. The van der Waals surface area contributed by atoms with Crippen LogP contribution in [0.5, 0.6) is 0 Å². The molecule has 2 amide bonds. The van der Waals surface area contributed by atoms with Crippen molar-refractivity contribution in [2.75, 3.05) is 7.11 Å². The fraction of sp³-hybridized carbons (Fsp3) is 0.659. The summed E-state index contributed by atoms with van der Waals surface area (Å²) in [4.78, 5) is 39.3. The maximum Gasteiger partial charge on any atom is 0.340 e. The number of rotatable bonds is 7. The van der Waals surface area contributed by atoms with Crippen molar-refractivity contribution in [1.82, 2.24) is 10.6 Å². The first-order valence-electron chi connectivity index (χ1n) is 19.9. The Hall–Kier alpha value is -3.33. The number of aliphatic hydroxyl groups is 1. The average molecular weight is 733 g/mol. The smallest absolute Gasteiger partial charge is 0.340 e. The summed E-state index contributed by atoms with van der Waals surface area (Å²) in [6.07, 6.45) is 11.1. The molecule has 0 bridgehead atoms. The summed E-state index contributed by atoms with van der Waals surface area (Å²) in [5.41, 5.74) is 0.243. The van der Waals surface area contributed by atoms with E-state index in [0.717, 1.165) is 57.8 Å². The molecule has 5 aliphatic carbocycles. The normalized spacial score (nSPS) is 37.0. The second-order valence-electron chi connectivity index (χ2n) is 18.6. The van der Waals surface area contributed by atoms with Crippen molar-refractivity contribution in [2.45, 2.75) is 124 Å². The molecule has 0 saturated heterocycles. The maximum absolute atomic E-state index is 15.1. The highest BCUT2D eigenvalue weighted by atomic mass is 19.1. The second kappa shape index (κ2) is 13.5. The van der Waals surface area contributed by atoms with E-state index >= 15 is 4.39 Å². The van der Waals surface area contributed by atoms with Gasteiger partial charge in [-0.1, -0.05) is 53.2 Å². The molecule has 5 saturated carbocycles. The lowest BCUT2D eigenvalue weighted by molar-refractivity contribution is -0.244. The van der Waals surface area contributed by atoms with E-state index in [4.69, 9.17) is 0 Å². The highest BCUT2D eigenvalue weighted by Crippen LogP contribution is 2.76. The molecule has 7 nitrogen and oxygen atoms in total. The Morgan fingerprint density at radius 2 is 1.55 bits per heavy atom. The second-order valence-corrected chi connectivity index (χ2v) is 18.6. The van der Waals surface area contributed by atoms with E-state index in [-0.39, 0.29) is 74.9 Å². The minimum atomic E-state index is -0.810. The van der Waals surface area contributed by atoms with Crippen molar-refractivity contribution in [3.05, 3.63) is 70.3 Å². The fourth-order valence-corrected chi connectivity index (χ4v) is 13.4. The average Bonchev–Trinajstić information content (AvgIpc) is 3.58. The van der Waals surface area contributed by atoms with Gasteiger partial charge in [-0.2, -0.15) is 0 Å². The molecule has 0 spiro atoms. The number of amides is 2. The number of carbonyl (C=O) groups excluding carboxylic acids is 3. The summed E-state index contributed by atoms with van der Waals surface area (Å²) < 4.78 is 34.7. The van der Waals surface area contributed by atoms with Crippen molar-refractivity contribution in [3.63, 3.8) is 0 Å². The molecule has 9 heteroatoms. The summed E-state index contributed by atoms with van der Waals surface area (Å²) in [6.45, 7) is 12.0.